The molecule has 0 bridgehead atoms. The van der Waals surface area contributed by atoms with E-state index in [0.717, 1.165) is 7.25 Å². The molecule has 1 saturated heterocycles. The molecule has 0 saturated carbocycles. The average Bonchev–Trinajstić information content (AvgIpc) is 2.92. The summed E-state index contributed by atoms with van der Waals surface area (Å²) < 4.78 is 5.28. The van der Waals surface area contributed by atoms with Gasteiger partial charge in [-0.1, -0.05) is 0 Å². The van der Waals surface area contributed by atoms with Crippen LogP contribution < -0.4 is 24.8 Å². The molecule has 1 heterocycles. The first-order valence-electron chi connectivity index (χ1n) is 8.64. The van der Waals surface area contributed by atoms with Crippen molar-refractivity contribution in [2.75, 3.05) is 0 Å². The van der Waals surface area contributed by atoms with Crippen LogP contribution in [0.4, 0.5) is 0 Å². The molecule has 128 valence electrons. The summed E-state index contributed by atoms with van der Waals surface area (Å²) in [6.45, 7) is 12.1. The molecule has 0 N–H and O–H groups in total. The second-order valence-corrected chi connectivity index (χ2v) is 19.1. The minimum atomic E-state index is -2.31. The van der Waals surface area contributed by atoms with Crippen molar-refractivity contribution < 1.29 is 45.1 Å². The second kappa shape index (κ2) is 6.90. The Morgan fingerprint density at radius 3 is 2.12 bits per heavy atom. The van der Waals surface area contributed by atoms with Crippen LogP contribution in [0.25, 0.3) is 6.08 Å². The summed E-state index contributed by atoms with van der Waals surface area (Å²) in [4.78, 5) is 0. The molecule has 3 heteroatoms. The molecule has 2 aliphatic carbocycles. The van der Waals surface area contributed by atoms with Gasteiger partial charge in [-0.05, 0) is 0 Å². The summed E-state index contributed by atoms with van der Waals surface area (Å²) in [7, 11) is 0. The monoisotopic (exact) mass is 438 g/mol. The van der Waals surface area contributed by atoms with E-state index in [-0.39, 0.29) is 24.8 Å². The first-order valence-corrected chi connectivity index (χ1v) is 14.4. The number of benzene rings is 1. The molecule has 0 radical (unpaired) electrons. The van der Waals surface area contributed by atoms with Crippen molar-refractivity contribution in [2.45, 2.75) is 46.0 Å². The maximum absolute atomic E-state index is 2.57. The first-order chi connectivity index (χ1) is 10.5. The van der Waals surface area contributed by atoms with Crippen molar-refractivity contribution in [1.82, 2.24) is 0 Å². The summed E-state index contributed by atoms with van der Waals surface area (Å²) in [6, 6.07) is 9.11. The van der Waals surface area contributed by atoms with Crippen molar-refractivity contribution in [3.05, 3.63) is 61.5 Å². The minimum absolute atomic E-state index is 0. The standard InChI is InChI=1S/C9H7.C9H13.C3H6.2ClH.Zr/c1-2-5-9-7-3-6-8(9)4-1;1-6-5-7(2)9(4)8(6)3;1-3-2;;;/h1-7H;6H,1-4H3;3H,1H2,2H3;2*1H;/q;;;;;+2/p-2. The Balaban J connectivity index is 0.00000104. The van der Waals surface area contributed by atoms with Crippen molar-refractivity contribution in [2.24, 2.45) is 5.92 Å². The Kier molecular flexibility index (Phi) is 5.81. The summed E-state index contributed by atoms with van der Waals surface area (Å²) in [6.07, 6.45) is 4.96. The maximum atomic E-state index is 2.57. The van der Waals surface area contributed by atoms with Crippen LogP contribution in [-0.4, -0.2) is 0 Å². The quantitative estimate of drug-likeness (QED) is 0.625. The third-order valence-electron chi connectivity index (χ3n) is 6.86. The van der Waals surface area contributed by atoms with E-state index in [4.69, 9.17) is 0 Å². The molecule has 1 aromatic rings. The van der Waals surface area contributed by atoms with Gasteiger partial charge in [-0.2, -0.15) is 0 Å². The fourth-order valence-electron chi connectivity index (χ4n) is 5.24. The fraction of sp³-hybridized carbons (Fsp3) is 0.429. The van der Waals surface area contributed by atoms with E-state index in [9.17, 15) is 0 Å². The third kappa shape index (κ3) is 2.58. The largest absolute Gasteiger partial charge is 1.00 e. The van der Waals surface area contributed by atoms with E-state index >= 15 is 0 Å². The van der Waals surface area contributed by atoms with Gasteiger partial charge in [-0.25, -0.2) is 0 Å². The Morgan fingerprint density at radius 2 is 1.58 bits per heavy atom. The van der Waals surface area contributed by atoms with Gasteiger partial charge < -0.3 is 24.8 Å². The van der Waals surface area contributed by atoms with E-state index in [0.29, 0.717) is 5.92 Å². The van der Waals surface area contributed by atoms with Gasteiger partial charge in [0.2, 0.25) is 0 Å². The molecule has 1 aliphatic heterocycles. The Labute approximate surface area is 163 Å². The van der Waals surface area contributed by atoms with Crippen molar-refractivity contribution >= 4 is 6.08 Å². The van der Waals surface area contributed by atoms with E-state index in [1.807, 2.05) is 3.28 Å². The minimum Gasteiger partial charge on any atom is -1.00 e. The van der Waals surface area contributed by atoms with Gasteiger partial charge in [0.15, 0.2) is 0 Å². The zero-order valence-corrected chi connectivity index (χ0v) is 19.1. The van der Waals surface area contributed by atoms with Gasteiger partial charge in [0, 0.05) is 0 Å². The molecule has 3 aliphatic rings. The Morgan fingerprint density at radius 1 is 0.958 bits per heavy atom. The van der Waals surface area contributed by atoms with Gasteiger partial charge in [-0.15, -0.1) is 0 Å². The number of rotatable bonds is 2. The van der Waals surface area contributed by atoms with Crippen molar-refractivity contribution in [1.29, 1.82) is 0 Å². The second-order valence-electron chi connectivity index (χ2n) is 7.68. The van der Waals surface area contributed by atoms with E-state index in [1.54, 1.807) is 26.4 Å². The van der Waals surface area contributed by atoms with Gasteiger partial charge in [0.25, 0.3) is 0 Å². The van der Waals surface area contributed by atoms with E-state index in [1.165, 1.54) is 5.56 Å². The molecular formula is C21H26Cl2Zr. The zero-order chi connectivity index (χ0) is 15.6. The van der Waals surface area contributed by atoms with Gasteiger partial charge in [0.1, 0.15) is 0 Å². The molecule has 4 atom stereocenters. The topological polar surface area (TPSA) is 0 Å². The predicted octanol–water partition coefficient (Wildman–Crippen LogP) is 0.417. The number of allylic oxidation sites excluding steroid dienone is 5. The molecule has 4 unspecified atom stereocenters. The molecule has 4 rings (SSSR count). The zero-order valence-electron chi connectivity index (χ0n) is 15.2. The Bertz CT molecular complexity index is 759. The van der Waals surface area contributed by atoms with Gasteiger partial charge in [0.05, 0.1) is 0 Å². The molecule has 0 aromatic heterocycles. The molecular weight excluding hydrogens is 414 g/mol. The van der Waals surface area contributed by atoms with Crippen LogP contribution in [0.5, 0.6) is 0 Å². The van der Waals surface area contributed by atoms with Crippen LogP contribution >= 0.6 is 0 Å². The number of hydrogen-bond donors (Lipinski definition) is 0. The smallest absolute Gasteiger partial charge is 1.00 e. The summed E-state index contributed by atoms with van der Waals surface area (Å²) in [5, 5.41) is 0. The molecule has 0 nitrogen and oxygen atoms in total. The van der Waals surface area contributed by atoms with Crippen LogP contribution in [0.1, 0.15) is 49.4 Å². The number of halogens is 2. The molecule has 0 spiro atoms. The molecule has 24 heavy (non-hydrogen) atoms. The normalized spacial score (nSPS) is 30.6. The van der Waals surface area contributed by atoms with Crippen LogP contribution in [0.15, 0.2) is 50.3 Å². The van der Waals surface area contributed by atoms with Gasteiger partial charge in [-0.3, -0.25) is 0 Å². The van der Waals surface area contributed by atoms with Crippen molar-refractivity contribution in [3.63, 3.8) is 0 Å². The SMILES string of the molecule is CC1=C(C)C(C)[C]([Zr+2]2([CH]3C=Cc4ccccc43)[CH2][CH]2C)=C1C.[Cl-].[Cl-]. The first kappa shape index (κ1) is 20.2. The van der Waals surface area contributed by atoms with E-state index < -0.39 is 20.3 Å². The van der Waals surface area contributed by atoms with Crippen LogP contribution in [0.3, 0.4) is 0 Å². The molecule has 1 aromatic carbocycles. The summed E-state index contributed by atoms with van der Waals surface area (Å²) in [5.41, 5.74) is 8.01. The predicted molar refractivity (Wildman–Crippen MR) is 92.7 cm³/mol. The fourth-order valence-corrected chi connectivity index (χ4v) is 23.2. The van der Waals surface area contributed by atoms with Crippen LogP contribution in [0, 0.1) is 5.92 Å². The number of fused-ring (bicyclic) bond motifs is 1. The molecule has 0 amide bonds. The van der Waals surface area contributed by atoms with E-state index in [2.05, 4.69) is 71.0 Å². The van der Waals surface area contributed by atoms with Crippen molar-refractivity contribution in [3.8, 4) is 0 Å². The van der Waals surface area contributed by atoms with Crippen LogP contribution in [0.2, 0.25) is 7.75 Å². The number of hydrogen-bond acceptors (Lipinski definition) is 0. The third-order valence-corrected chi connectivity index (χ3v) is 22.0. The summed E-state index contributed by atoms with van der Waals surface area (Å²) in [5.74, 6) is 0.710. The maximum Gasteiger partial charge on any atom is -1.00 e. The Hall–Kier alpha value is -0.0969. The van der Waals surface area contributed by atoms with Crippen LogP contribution in [-0.2, 0) is 20.3 Å². The summed E-state index contributed by atoms with van der Waals surface area (Å²) >= 11 is -2.31. The van der Waals surface area contributed by atoms with Gasteiger partial charge >= 0.3 is 140 Å². The molecule has 1 fully saturated rings. The average molecular weight is 441 g/mol.